The molecule has 1 saturated heterocycles. The first kappa shape index (κ1) is 15.6. The number of carbonyl (C=O) groups excluding carboxylic acids is 1. The van der Waals surface area contributed by atoms with Crippen LogP contribution >= 0.6 is 0 Å². The van der Waals surface area contributed by atoms with Gasteiger partial charge in [0.25, 0.3) is 5.91 Å². The number of amides is 1. The zero-order chi connectivity index (χ0) is 17.4. The molecular formula is C20H18N2O3. The third-order valence-corrected chi connectivity index (χ3v) is 4.48. The summed E-state index contributed by atoms with van der Waals surface area (Å²) in [5.41, 5.74) is 3.05. The lowest BCUT2D eigenvalue weighted by Gasteiger charge is -2.36. The molecule has 0 aliphatic carbocycles. The molecule has 1 aliphatic heterocycles. The van der Waals surface area contributed by atoms with Crippen LogP contribution in [-0.4, -0.2) is 47.2 Å². The summed E-state index contributed by atoms with van der Waals surface area (Å²) in [4.78, 5) is 19.2. The Hall–Kier alpha value is -2.92. The first-order valence-electron chi connectivity index (χ1n) is 8.17. The maximum absolute atomic E-state index is 12.8. The molecule has 126 valence electrons. The number of hydrogen-bond acceptors (Lipinski definition) is 4. The van der Waals surface area contributed by atoms with E-state index in [9.17, 15) is 9.90 Å². The van der Waals surface area contributed by atoms with Crippen molar-refractivity contribution in [1.29, 1.82) is 0 Å². The van der Waals surface area contributed by atoms with Gasteiger partial charge < -0.3 is 14.7 Å². The summed E-state index contributed by atoms with van der Waals surface area (Å²) in [6.07, 6.45) is -0.418. The van der Waals surface area contributed by atoms with E-state index >= 15 is 0 Å². The minimum absolute atomic E-state index is 0.0707. The quantitative estimate of drug-likeness (QED) is 0.800. The third kappa shape index (κ3) is 2.83. The molecule has 0 atom stereocenters. The molecule has 3 aromatic rings. The number of aliphatic hydroxyl groups is 1. The van der Waals surface area contributed by atoms with Crippen LogP contribution in [0.4, 0.5) is 0 Å². The molecule has 5 heteroatoms. The number of benzene rings is 2. The number of nitrogens with zero attached hydrogens (tertiary/aromatic N) is 2. The zero-order valence-electron chi connectivity index (χ0n) is 13.8. The Kier molecular flexibility index (Phi) is 3.86. The molecule has 0 bridgehead atoms. The van der Waals surface area contributed by atoms with Crippen molar-refractivity contribution in [3.8, 4) is 17.0 Å². The van der Waals surface area contributed by atoms with Crippen molar-refractivity contribution in [2.45, 2.75) is 6.10 Å². The average Bonchev–Trinajstić information content (AvgIpc) is 2.64. The van der Waals surface area contributed by atoms with Gasteiger partial charge in [0, 0.05) is 24.0 Å². The number of para-hydroxylation sites is 1. The number of β-amino-alcohol motifs (C(OH)–C–C–N with tert-alkyl or cyclic N) is 1. The highest BCUT2D eigenvalue weighted by Crippen LogP contribution is 2.28. The van der Waals surface area contributed by atoms with E-state index in [0.717, 1.165) is 27.9 Å². The second-order valence-electron chi connectivity index (χ2n) is 6.16. The van der Waals surface area contributed by atoms with Gasteiger partial charge in [0.1, 0.15) is 5.75 Å². The van der Waals surface area contributed by atoms with E-state index in [1.807, 2.05) is 54.6 Å². The van der Waals surface area contributed by atoms with E-state index < -0.39 is 6.10 Å². The van der Waals surface area contributed by atoms with Crippen molar-refractivity contribution in [3.63, 3.8) is 0 Å². The van der Waals surface area contributed by atoms with Gasteiger partial charge in [-0.3, -0.25) is 4.79 Å². The number of carbonyl (C=O) groups is 1. The molecule has 1 aliphatic rings. The monoisotopic (exact) mass is 334 g/mol. The summed E-state index contributed by atoms with van der Waals surface area (Å²) in [6.45, 7) is 0.765. The van der Waals surface area contributed by atoms with Gasteiger partial charge in [-0.15, -0.1) is 0 Å². The highest BCUT2D eigenvalue weighted by atomic mass is 16.5. The van der Waals surface area contributed by atoms with Gasteiger partial charge in [0.05, 0.1) is 30.0 Å². The van der Waals surface area contributed by atoms with Crippen molar-refractivity contribution in [3.05, 3.63) is 60.2 Å². The van der Waals surface area contributed by atoms with Crippen LogP contribution in [0.25, 0.3) is 22.2 Å². The number of fused-ring (bicyclic) bond motifs is 1. The summed E-state index contributed by atoms with van der Waals surface area (Å²) in [6, 6.07) is 17.1. The van der Waals surface area contributed by atoms with Gasteiger partial charge in [-0.1, -0.05) is 18.2 Å². The molecule has 1 amide bonds. The summed E-state index contributed by atoms with van der Waals surface area (Å²) >= 11 is 0. The first-order chi connectivity index (χ1) is 12.2. The molecule has 4 rings (SSSR count). The lowest BCUT2D eigenvalue weighted by Crippen LogP contribution is -2.53. The van der Waals surface area contributed by atoms with Crippen LogP contribution in [0.3, 0.4) is 0 Å². The Labute approximate surface area is 145 Å². The molecule has 2 aromatic carbocycles. The molecule has 0 spiro atoms. The van der Waals surface area contributed by atoms with E-state index in [1.165, 1.54) is 0 Å². The number of likely N-dealkylation sites (tertiary alicyclic amines) is 1. The topological polar surface area (TPSA) is 62.7 Å². The lowest BCUT2D eigenvalue weighted by molar-refractivity contribution is 0.00603. The number of ether oxygens (including phenoxy) is 1. The fourth-order valence-corrected chi connectivity index (χ4v) is 3.05. The number of pyridine rings is 1. The van der Waals surface area contributed by atoms with Crippen molar-refractivity contribution >= 4 is 16.8 Å². The summed E-state index contributed by atoms with van der Waals surface area (Å²) < 4.78 is 5.20. The van der Waals surface area contributed by atoms with Gasteiger partial charge >= 0.3 is 0 Å². The molecule has 1 N–H and O–H groups in total. The minimum atomic E-state index is -0.418. The number of hydrogen-bond donors (Lipinski definition) is 1. The van der Waals surface area contributed by atoms with Crippen LogP contribution in [-0.2, 0) is 0 Å². The largest absolute Gasteiger partial charge is 0.497 e. The molecule has 2 heterocycles. The highest BCUT2D eigenvalue weighted by molar-refractivity contribution is 6.07. The Bertz CT molecular complexity index is 931. The highest BCUT2D eigenvalue weighted by Gasteiger charge is 2.30. The maximum atomic E-state index is 12.8. The molecule has 0 unspecified atom stereocenters. The van der Waals surface area contributed by atoms with Crippen molar-refractivity contribution in [2.24, 2.45) is 0 Å². The Morgan fingerprint density at radius 3 is 2.56 bits per heavy atom. The van der Waals surface area contributed by atoms with Crippen LogP contribution in [0, 0.1) is 0 Å². The van der Waals surface area contributed by atoms with Crippen molar-refractivity contribution < 1.29 is 14.6 Å². The Morgan fingerprint density at radius 1 is 1.16 bits per heavy atom. The van der Waals surface area contributed by atoms with Crippen molar-refractivity contribution in [1.82, 2.24) is 9.88 Å². The van der Waals surface area contributed by atoms with E-state index in [2.05, 4.69) is 0 Å². The van der Waals surface area contributed by atoms with E-state index in [4.69, 9.17) is 9.72 Å². The minimum Gasteiger partial charge on any atom is -0.497 e. The summed E-state index contributed by atoms with van der Waals surface area (Å²) in [5.74, 6) is 0.703. The van der Waals surface area contributed by atoms with Gasteiger partial charge in [0.2, 0.25) is 0 Å². The van der Waals surface area contributed by atoms with Crippen LogP contribution in [0.1, 0.15) is 10.4 Å². The van der Waals surface area contributed by atoms with E-state index in [1.54, 1.807) is 12.0 Å². The second kappa shape index (κ2) is 6.18. The standard InChI is InChI=1S/C20H18N2O3/c1-25-15-8-6-13(7-9-15)19-10-17(20(24)22-11-14(23)12-22)16-4-2-3-5-18(16)21-19/h2-10,14,23H,11-12H2,1H3. The second-order valence-corrected chi connectivity index (χ2v) is 6.16. The number of aromatic nitrogens is 1. The van der Waals surface area contributed by atoms with Crippen LogP contribution in [0.15, 0.2) is 54.6 Å². The molecule has 25 heavy (non-hydrogen) atoms. The van der Waals surface area contributed by atoms with Gasteiger partial charge in [-0.25, -0.2) is 4.98 Å². The van der Waals surface area contributed by atoms with Gasteiger partial charge in [-0.05, 0) is 36.4 Å². The maximum Gasteiger partial charge on any atom is 0.254 e. The van der Waals surface area contributed by atoms with E-state index in [-0.39, 0.29) is 5.91 Å². The predicted molar refractivity (Wildman–Crippen MR) is 95.6 cm³/mol. The first-order valence-corrected chi connectivity index (χ1v) is 8.17. The fourth-order valence-electron chi connectivity index (χ4n) is 3.05. The zero-order valence-corrected chi connectivity index (χ0v) is 13.8. The normalized spacial score (nSPS) is 14.4. The number of aliphatic hydroxyl groups excluding tert-OH is 1. The predicted octanol–water partition coefficient (Wildman–Crippen LogP) is 2.73. The SMILES string of the molecule is COc1ccc(-c2cc(C(=O)N3CC(O)C3)c3ccccc3n2)cc1. The fraction of sp³-hybridized carbons (Fsp3) is 0.200. The lowest BCUT2D eigenvalue weighted by atomic mass is 10.0. The number of rotatable bonds is 3. The van der Waals surface area contributed by atoms with Crippen LogP contribution in [0.2, 0.25) is 0 Å². The summed E-state index contributed by atoms with van der Waals surface area (Å²) in [7, 11) is 1.63. The Morgan fingerprint density at radius 2 is 1.88 bits per heavy atom. The van der Waals surface area contributed by atoms with Gasteiger partial charge in [0.15, 0.2) is 0 Å². The smallest absolute Gasteiger partial charge is 0.254 e. The third-order valence-electron chi connectivity index (χ3n) is 4.48. The van der Waals surface area contributed by atoms with E-state index in [0.29, 0.717) is 18.7 Å². The molecular weight excluding hydrogens is 316 g/mol. The average molecular weight is 334 g/mol. The molecule has 0 radical (unpaired) electrons. The Balaban J connectivity index is 1.81. The van der Waals surface area contributed by atoms with Crippen LogP contribution in [0.5, 0.6) is 5.75 Å². The summed E-state index contributed by atoms with van der Waals surface area (Å²) in [5, 5.41) is 10.3. The number of methoxy groups -OCH3 is 1. The molecule has 0 saturated carbocycles. The molecule has 5 nitrogen and oxygen atoms in total. The molecule has 1 fully saturated rings. The molecule has 1 aromatic heterocycles. The van der Waals surface area contributed by atoms with Crippen LogP contribution < -0.4 is 4.74 Å². The van der Waals surface area contributed by atoms with Crippen molar-refractivity contribution in [2.75, 3.05) is 20.2 Å². The van der Waals surface area contributed by atoms with Gasteiger partial charge in [-0.2, -0.15) is 0 Å².